The van der Waals surface area contributed by atoms with Gasteiger partial charge in [-0.1, -0.05) is 47.0 Å². The molecule has 2 nitrogen and oxygen atoms in total. The van der Waals surface area contributed by atoms with Gasteiger partial charge in [0.1, 0.15) is 0 Å². The summed E-state index contributed by atoms with van der Waals surface area (Å²) in [5.74, 6) is 0.820. The summed E-state index contributed by atoms with van der Waals surface area (Å²) in [6.07, 6.45) is 6.23. The zero-order valence-electron chi connectivity index (χ0n) is 10.8. The molecule has 0 aromatic heterocycles. The van der Waals surface area contributed by atoms with Crippen LogP contribution in [0.1, 0.15) is 66.2 Å². The summed E-state index contributed by atoms with van der Waals surface area (Å²) in [7, 11) is 0. The third kappa shape index (κ3) is 6.53. The fourth-order valence-electron chi connectivity index (χ4n) is 1.75. The molecule has 0 bridgehead atoms. The first-order valence-electron chi connectivity index (χ1n) is 6.44. The molecule has 0 aliphatic heterocycles. The lowest BCUT2D eigenvalue weighted by Gasteiger charge is -2.22. The molecule has 0 saturated heterocycles. The van der Waals surface area contributed by atoms with Crippen LogP contribution in [0.4, 0.5) is 0 Å². The quantitative estimate of drug-likeness (QED) is 0.614. The summed E-state index contributed by atoms with van der Waals surface area (Å²) in [5, 5.41) is 3.14. The van der Waals surface area contributed by atoms with E-state index in [1.54, 1.807) is 0 Å². The van der Waals surface area contributed by atoms with Crippen LogP contribution in [0.3, 0.4) is 0 Å². The lowest BCUT2D eigenvalue weighted by Crippen LogP contribution is -2.38. The average Bonchev–Trinajstić information content (AvgIpc) is 2.25. The van der Waals surface area contributed by atoms with Gasteiger partial charge in [-0.2, -0.15) is 0 Å². The molecule has 2 atom stereocenters. The Morgan fingerprint density at radius 2 is 1.80 bits per heavy atom. The van der Waals surface area contributed by atoms with Crippen LogP contribution in [0.5, 0.6) is 0 Å². The number of unbranched alkanes of at least 4 members (excludes halogenated alkanes) is 2. The molecule has 0 rings (SSSR count). The zero-order valence-corrected chi connectivity index (χ0v) is 10.8. The van der Waals surface area contributed by atoms with Crippen molar-refractivity contribution in [2.24, 2.45) is 5.92 Å². The zero-order chi connectivity index (χ0) is 11.7. The molecule has 0 aliphatic rings. The Balaban J connectivity index is 3.80. The Morgan fingerprint density at radius 1 is 1.13 bits per heavy atom. The summed E-state index contributed by atoms with van der Waals surface area (Å²) in [4.78, 5) is 11.6. The first-order chi connectivity index (χ1) is 7.15. The van der Waals surface area contributed by atoms with Crippen LogP contribution in [0, 0.1) is 5.92 Å². The largest absolute Gasteiger partial charge is 0.353 e. The molecule has 0 aliphatic carbocycles. The summed E-state index contributed by atoms with van der Waals surface area (Å²) >= 11 is 0. The molecule has 0 heterocycles. The standard InChI is InChI=1S/C13H27NO/c1-5-8-9-10-13(15)14-12(7-3)11(4)6-2/h11-12H,5-10H2,1-4H3,(H,14,15). The average molecular weight is 213 g/mol. The molecule has 1 N–H and O–H groups in total. The summed E-state index contributed by atoms with van der Waals surface area (Å²) < 4.78 is 0. The molecular formula is C13H27NO. The molecular weight excluding hydrogens is 186 g/mol. The van der Waals surface area contributed by atoms with Crippen molar-refractivity contribution in [3.8, 4) is 0 Å². The van der Waals surface area contributed by atoms with E-state index in [0.29, 0.717) is 18.4 Å². The Hall–Kier alpha value is -0.530. The summed E-state index contributed by atoms with van der Waals surface area (Å²) in [6.45, 7) is 8.69. The fourth-order valence-corrected chi connectivity index (χ4v) is 1.75. The molecule has 0 spiro atoms. The van der Waals surface area contributed by atoms with Crippen molar-refractivity contribution in [3.63, 3.8) is 0 Å². The van der Waals surface area contributed by atoms with Gasteiger partial charge >= 0.3 is 0 Å². The third-order valence-corrected chi connectivity index (χ3v) is 3.12. The second-order valence-electron chi connectivity index (χ2n) is 4.42. The van der Waals surface area contributed by atoms with Crippen LogP contribution in [-0.2, 0) is 4.79 Å². The lowest BCUT2D eigenvalue weighted by molar-refractivity contribution is -0.122. The second kappa shape index (κ2) is 8.75. The first-order valence-corrected chi connectivity index (χ1v) is 6.44. The molecule has 2 heteroatoms. The molecule has 1 amide bonds. The van der Waals surface area contributed by atoms with E-state index in [-0.39, 0.29) is 5.91 Å². The van der Waals surface area contributed by atoms with Crippen molar-refractivity contribution in [1.82, 2.24) is 5.32 Å². The SMILES string of the molecule is CCCCCC(=O)NC(CC)C(C)CC. The van der Waals surface area contributed by atoms with Crippen molar-refractivity contribution in [2.75, 3.05) is 0 Å². The van der Waals surface area contributed by atoms with Gasteiger partial charge in [0.15, 0.2) is 0 Å². The van der Waals surface area contributed by atoms with E-state index < -0.39 is 0 Å². The van der Waals surface area contributed by atoms with Gasteiger partial charge < -0.3 is 5.32 Å². The van der Waals surface area contributed by atoms with Crippen LogP contribution in [-0.4, -0.2) is 11.9 Å². The van der Waals surface area contributed by atoms with Crippen molar-refractivity contribution in [3.05, 3.63) is 0 Å². The van der Waals surface area contributed by atoms with Gasteiger partial charge in [-0.05, 0) is 18.8 Å². The number of hydrogen-bond acceptors (Lipinski definition) is 1. The van der Waals surface area contributed by atoms with E-state index in [1.165, 1.54) is 6.42 Å². The highest BCUT2D eigenvalue weighted by Crippen LogP contribution is 2.11. The molecule has 15 heavy (non-hydrogen) atoms. The van der Waals surface area contributed by atoms with Crippen LogP contribution in [0.15, 0.2) is 0 Å². The van der Waals surface area contributed by atoms with Crippen LogP contribution >= 0.6 is 0 Å². The molecule has 0 aromatic rings. The second-order valence-corrected chi connectivity index (χ2v) is 4.42. The Morgan fingerprint density at radius 3 is 2.27 bits per heavy atom. The number of rotatable bonds is 8. The highest BCUT2D eigenvalue weighted by molar-refractivity contribution is 5.76. The van der Waals surface area contributed by atoms with Gasteiger partial charge in [0.2, 0.25) is 5.91 Å². The Kier molecular flexibility index (Phi) is 8.44. The van der Waals surface area contributed by atoms with E-state index in [2.05, 4.69) is 33.0 Å². The van der Waals surface area contributed by atoms with Crippen LogP contribution < -0.4 is 5.32 Å². The summed E-state index contributed by atoms with van der Waals surface area (Å²) in [6, 6.07) is 0.365. The van der Waals surface area contributed by atoms with Gasteiger partial charge in [0.05, 0.1) is 0 Å². The van der Waals surface area contributed by atoms with Gasteiger partial charge in [0.25, 0.3) is 0 Å². The third-order valence-electron chi connectivity index (χ3n) is 3.12. The van der Waals surface area contributed by atoms with Gasteiger partial charge in [-0.3, -0.25) is 4.79 Å². The minimum absolute atomic E-state index is 0.232. The summed E-state index contributed by atoms with van der Waals surface area (Å²) in [5.41, 5.74) is 0. The maximum absolute atomic E-state index is 11.6. The topological polar surface area (TPSA) is 29.1 Å². The van der Waals surface area contributed by atoms with Gasteiger partial charge in [-0.15, -0.1) is 0 Å². The normalized spacial score (nSPS) is 14.7. The van der Waals surface area contributed by atoms with E-state index >= 15 is 0 Å². The maximum Gasteiger partial charge on any atom is 0.220 e. The van der Waals surface area contributed by atoms with E-state index in [1.807, 2.05) is 0 Å². The Bertz CT molecular complexity index is 168. The number of carbonyl (C=O) groups is 1. The van der Waals surface area contributed by atoms with E-state index in [4.69, 9.17) is 0 Å². The van der Waals surface area contributed by atoms with Gasteiger partial charge in [-0.25, -0.2) is 0 Å². The number of nitrogens with one attached hydrogen (secondary N) is 1. The monoisotopic (exact) mass is 213 g/mol. The molecule has 90 valence electrons. The molecule has 0 fully saturated rings. The minimum Gasteiger partial charge on any atom is -0.353 e. The van der Waals surface area contributed by atoms with Crippen molar-refractivity contribution in [2.45, 2.75) is 72.3 Å². The fraction of sp³-hybridized carbons (Fsp3) is 0.923. The predicted octanol–water partition coefficient (Wildman–Crippen LogP) is 3.51. The number of amides is 1. The molecule has 0 radical (unpaired) electrons. The maximum atomic E-state index is 11.6. The number of carbonyl (C=O) groups excluding carboxylic acids is 1. The van der Waals surface area contributed by atoms with E-state index in [9.17, 15) is 4.79 Å². The number of hydrogen-bond donors (Lipinski definition) is 1. The van der Waals surface area contributed by atoms with Crippen molar-refractivity contribution >= 4 is 5.91 Å². The van der Waals surface area contributed by atoms with Crippen molar-refractivity contribution < 1.29 is 4.79 Å². The van der Waals surface area contributed by atoms with Crippen LogP contribution in [0.2, 0.25) is 0 Å². The first kappa shape index (κ1) is 14.5. The highest BCUT2D eigenvalue weighted by Gasteiger charge is 2.15. The predicted molar refractivity (Wildman–Crippen MR) is 65.8 cm³/mol. The molecule has 2 unspecified atom stereocenters. The van der Waals surface area contributed by atoms with Gasteiger partial charge in [0, 0.05) is 12.5 Å². The van der Waals surface area contributed by atoms with Crippen LogP contribution in [0.25, 0.3) is 0 Å². The minimum atomic E-state index is 0.232. The van der Waals surface area contributed by atoms with Crippen molar-refractivity contribution in [1.29, 1.82) is 0 Å². The molecule has 0 aromatic carbocycles. The smallest absolute Gasteiger partial charge is 0.220 e. The van der Waals surface area contributed by atoms with E-state index in [0.717, 1.165) is 25.7 Å². The molecule has 0 saturated carbocycles. The Labute approximate surface area is 94.8 Å². The highest BCUT2D eigenvalue weighted by atomic mass is 16.1. The lowest BCUT2D eigenvalue weighted by atomic mass is 9.97.